The fraction of sp³-hybridized carbons (Fsp3) is 0.375. The summed E-state index contributed by atoms with van der Waals surface area (Å²) >= 11 is 0. The molecule has 0 aliphatic heterocycles. The molecule has 0 N–H and O–H groups in total. The fourth-order valence-electron chi connectivity index (χ4n) is 3.42. The Morgan fingerprint density at radius 2 is 2.16 bits per heavy atom. The standard InChI is InChI=1S/C16H16O3/c1-10(17)14-4-3-7-16(14)9-11-8-12(19-2)5-6-13(11)15(16)18/h4-6,8H,3,7,9H2,1-2H3/t16-/m1/s1. The first kappa shape index (κ1) is 12.2. The molecule has 2 aliphatic carbocycles. The van der Waals surface area contributed by atoms with Gasteiger partial charge in [-0.05, 0) is 49.9 Å². The quantitative estimate of drug-likeness (QED) is 0.817. The number of ketones is 2. The van der Waals surface area contributed by atoms with E-state index >= 15 is 0 Å². The van der Waals surface area contributed by atoms with Gasteiger partial charge in [0.15, 0.2) is 11.6 Å². The Morgan fingerprint density at radius 1 is 1.37 bits per heavy atom. The highest BCUT2D eigenvalue weighted by atomic mass is 16.5. The molecule has 0 saturated carbocycles. The number of carbonyl (C=O) groups is 2. The van der Waals surface area contributed by atoms with Crippen molar-refractivity contribution in [2.45, 2.75) is 26.2 Å². The van der Waals surface area contributed by atoms with E-state index in [1.165, 1.54) is 0 Å². The minimum absolute atomic E-state index is 0.0191. The number of benzene rings is 1. The van der Waals surface area contributed by atoms with Crippen molar-refractivity contribution in [2.75, 3.05) is 7.11 Å². The third-order valence-corrected chi connectivity index (χ3v) is 4.30. The lowest BCUT2D eigenvalue weighted by molar-refractivity contribution is -0.114. The minimum Gasteiger partial charge on any atom is -0.497 e. The van der Waals surface area contributed by atoms with Crippen molar-refractivity contribution in [1.29, 1.82) is 0 Å². The molecule has 0 fully saturated rings. The maximum Gasteiger partial charge on any atom is 0.174 e. The summed E-state index contributed by atoms with van der Waals surface area (Å²) in [4.78, 5) is 24.5. The highest BCUT2D eigenvalue weighted by molar-refractivity contribution is 6.13. The third kappa shape index (κ3) is 1.57. The van der Waals surface area contributed by atoms with Gasteiger partial charge in [-0.1, -0.05) is 6.08 Å². The summed E-state index contributed by atoms with van der Waals surface area (Å²) in [5.74, 6) is 0.879. The number of Topliss-reactive ketones (excluding diaryl/α,β-unsaturated/α-hetero) is 2. The van der Waals surface area contributed by atoms with E-state index in [2.05, 4.69) is 0 Å². The number of rotatable bonds is 2. The van der Waals surface area contributed by atoms with Crippen molar-refractivity contribution in [3.8, 4) is 5.75 Å². The first-order chi connectivity index (χ1) is 9.08. The van der Waals surface area contributed by atoms with Crippen LogP contribution in [0.4, 0.5) is 0 Å². The van der Waals surface area contributed by atoms with E-state index in [0.29, 0.717) is 12.0 Å². The van der Waals surface area contributed by atoms with Gasteiger partial charge in [-0.3, -0.25) is 9.59 Å². The molecular formula is C16H16O3. The normalized spacial score (nSPS) is 24.5. The molecule has 1 spiro atoms. The van der Waals surface area contributed by atoms with Crippen molar-refractivity contribution in [3.05, 3.63) is 41.0 Å². The smallest absolute Gasteiger partial charge is 0.174 e. The van der Waals surface area contributed by atoms with Crippen LogP contribution in [-0.2, 0) is 11.2 Å². The lowest BCUT2D eigenvalue weighted by atomic mass is 9.76. The van der Waals surface area contributed by atoms with Crippen LogP contribution < -0.4 is 4.74 Å². The second kappa shape index (κ2) is 4.05. The van der Waals surface area contributed by atoms with Crippen molar-refractivity contribution in [3.63, 3.8) is 0 Å². The lowest BCUT2D eigenvalue weighted by Crippen LogP contribution is -2.30. The zero-order chi connectivity index (χ0) is 13.6. The summed E-state index contributed by atoms with van der Waals surface area (Å²) < 4.78 is 5.21. The molecule has 1 aromatic rings. The number of hydrogen-bond donors (Lipinski definition) is 0. The molecule has 19 heavy (non-hydrogen) atoms. The van der Waals surface area contributed by atoms with E-state index in [9.17, 15) is 9.59 Å². The molecule has 0 heterocycles. The number of ether oxygens (including phenoxy) is 1. The summed E-state index contributed by atoms with van der Waals surface area (Å²) in [6.45, 7) is 1.55. The van der Waals surface area contributed by atoms with Gasteiger partial charge in [0.05, 0.1) is 12.5 Å². The lowest BCUT2D eigenvalue weighted by Gasteiger charge is -2.23. The van der Waals surface area contributed by atoms with E-state index < -0.39 is 5.41 Å². The van der Waals surface area contributed by atoms with Crippen LogP contribution >= 0.6 is 0 Å². The van der Waals surface area contributed by atoms with E-state index in [-0.39, 0.29) is 11.6 Å². The molecule has 3 heteroatoms. The van der Waals surface area contributed by atoms with Crippen molar-refractivity contribution in [1.82, 2.24) is 0 Å². The molecule has 3 rings (SSSR count). The van der Waals surface area contributed by atoms with Crippen molar-refractivity contribution in [2.24, 2.45) is 5.41 Å². The highest BCUT2D eigenvalue weighted by Gasteiger charge is 2.50. The van der Waals surface area contributed by atoms with Gasteiger partial charge in [0.25, 0.3) is 0 Å². The van der Waals surface area contributed by atoms with Crippen LogP contribution in [0.25, 0.3) is 0 Å². The Kier molecular flexibility index (Phi) is 2.59. The Morgan fingerprint density at radius 3 is 2.84 bits per heavy atom. The zero-order valence-electron chi connectivity index (χ0n) is 11.2. The minimum atomic E-state index is -0.597. The second-order valence-corrected chi connectivity index (χ2v) is 5.32. The monoisotopic (exact) mass is 256 g/mol. The predicted molar refractivity (Wildman–Crippen MR) is 71.5 cm³/mol. The van der Waals surface area contributed by atoms with Crippen LogP contribution in [-0.4, -0.2) is 18.7 Å². The molecule has 0 aromatic heterocycles. The van der Waals surface area contributed by atoms with E-state index in [1.807, 2.05) is 24.3 Å². The molecule has 1 atom stereocenters. The summed E-state index contributed by atoms with van der Waals surface area (Å²) in [5, 5.41) is 0. The molecule has 3 nitrogen and oxygen atoms in total. The van der Waals surface area contributed by atoms with Crippen LogP contribution in [0.5, 0.6) is 5.75 Å². The number of allylic oxidation sites excluding steroid dienone is 2. The summed E-state index contributed by atoms with van der Waals surface area (Å²) in [6.07, 6.45) is 4.12. The van der Waals surface area contributed by atoms with Crippen LogP contribution in [0.2, 0.25) is 0 Å². The maximum absolute atomic E-state index is 12.7. The van der Waals surface area contributed by atoms with Gasteiger partial charge in [0.2, 0.25) is 0 Å². The average molecular weight is 256 g/mol. The van der Waals surface area contributed by atoms with Gasteiger partial charge >= 0.3 is 0 Å². The average Bonchev–Trinajstić information content (AvgIpc) is 2.93. The first-order valence-corrected chi connectivity index (χ1v) is 6.52. The largest absolute Gasteiger partial charge is 0.497 e. The predicted octanol–water partition coefficient (Wildman–Crippen LogP) is 2.73. The fourth-order valence-corrected chi connectivity index (χ4v) is 3.42. The van der Waals surface area contributed by atoms with Gasteiger partial charge in [0, 0.05) is 11.1 Å². The van der Waals surface area contributed by atoms with E-state index in [4.69, 9.17) is 4.74 Å². The van der Waals surface area contributed by atoms with Gasteiger partial charge in [-0.2, -0.15) is 0 Å². The van der Waals surface area contributed by atoms with Crippen LogP contribution in [0.3, 0.4) is 0 Å². The third-order valence-electron chi connectivity index (χ3n) is 4.30. The Bertz CT molecular complexity index is 612. The number of fused-ring (bicyclic) bond motifs is 1. The molecule has 0 unspecified atom stereocenters. The van der Waals surface area contributed by atoms with Gasteiger partial charge in [0.1, 0.15) is 5.75 Å². The van der Waals surface area contributed by atoms with Gasteiger partial charge < -0.3 is 4.74 Å². The Hall–Kier alpha value is -1.90. The van der Waals surface area contributed by atoms with Crippen LogP contribution in [0.15, 0.2) is 29.8 Å². The highest BCUT2D eigenvalue weighted by Crippen LogP contribution is 2.50. The van der Waals surface area contributed by atoms with E-state index in [1.54, 1.807) is 14.0 Å². The first-order valence-electron chi connectivity index (χ1n) is 6.52. The SMILES string of the molecule is COc1ccc2c(c1)C[C@@]1(CCC=C1C(C)=O)C2=O. The number of methoxy groups -OCH3 is 1. The van der Waals surface area contributed by atoms with Gasteiger partial charge in [-0.15, -0.1) is 0 Å². The molecular weight excluding hydrogens is 240 g/mol. The molecule has 0 bridgehead atoms. The van der Waals surface area contributed by atoms with E-state index in [0.717, 1.165) is 29.7 Å². The van der Waals surface area contributed by atoms with Crippen LogP contribution in [0, 0.1) is 5.41 Å². The summed E-state index contributed by atoms with van der Waals surface area (Å²) in [6, 6.07) is 5.54. The Balaban J connectivity index is 2.08. The zero-order valence-corrected chi connectivity index (χ0v) is 11.2. The van der Waals surface area contributed by atoms with Gasteiger partial charge in [-0.25, -0.2) is 0 Å². The molecule has 1 aromatic carbocycles. The molecule has 0 saturated heterocycles. The molecule has 2 aliphatic rings. The molecule has 0 amide bonds. The molecule has 98 valence electrons. The maximum atomic E-state index is 12.7. The summed E-state index contributed by atoms with van der Waals surface area (Å²) in [7, 11) is 1.62. The number of carbonyl (C=O) groups excluding carboxylic acids is 2. The summed E-state index contributed by atoms with van der Waals surface area (Å²) in [5.41, 5.74) is 1.85. The number of hydrogen-bond acceptors (Lipinski definition) is 3. The topological polar surface area (TPSA) is 43.4 Å². The van der Waals surface area contributed by atoms with Crippen molar-refractivity contribution >= 4 is 11.6 Å². The van der Waals surface area contributed by atoms with Crippen LogP contribution in [0.1, 0.15) is 35.7 Å². The Labute approximate surface area is 112 Å². The second-order valence-electron chi connectivity index (χ2n) is 5.32. The van der Waals surface area contributed by atoms with Crippen molar-refractivity contribution < 1.29 is 14.3 Å². The molecule has 0 radical (unpaired) electrons.